The Morgan fingerprint density at radius 3 is 1.93 bits per heavy atom. The van der Waals surface area contributed by atoms with Gasteiger partial charge < -0.3 is 14.7 Å². The van der Waals surface area contributed by atoms with E-state index in [0.717, 1.165) is 29.0 Å². The van der Waals surface area contributed by atoms with Crippen LogP contribution >= 0.6 is 0 Å². The van der Waals surface area contributed by atoms with E-state index < -0.39 is 0 Å². The maximum atomic E-state index is 9.69. The molecule has 3 aromatic carbocycles. The molecule has 1 N–H and O–H groups in total. The molecule has 28 heavy (non-hydrogen) atoms. The minimum absolute atomic E-state index is 0.269. The number of allylic oxidation sites excluding steroid dienone is 1. The molecular formula is C25H27NO2. The molecule has 0 atom stereocenters. The number of rotatable bonds is 7. The van der Waals surface area contributed by atoms with Gasteiger partial charge in [0, 0.05) is 6.54 Å². The molecule has 0 aromatic heterocycles. The van der Waals surface area contributed by atoms with E-state index in [0.29, 0.717) is 6.61 Å². The molecule has 144 valence electrons. The van der Waals surface area contributed by atoms with Crippen LogP contribution in [0.15, 0.2) is 78.9 Å². The molecule has 0 spiro atoms. The number of phenolic OH excluding ortho intramolecular Hbond substituents is 1. The number of aromatic hydroxyl groups is 1. The Morgan fingerprint density at radius 2 is 1.36 bits per heavy atom. The van der Waals surface area contributed by atoms with E-state index in [1.165, 1.54) is 11.1 Å². The minimum atomic E-state index is 0.269. The van der Waals surface area contributed by atoms with Gasteiger partial charge in [-0.15, -0.1) is 0 Å². The van der Waals surface area contributed by atoms with E-state index in [9.17, 15) is 5.11 Å². The van der Waals surface area contributed by atoms with Crippen molar-refractivity contribution in [2.24, 2.45) is 0 Å². The van der Waals surface area contributed by atoms with Gasteiger partial charge in [0.25, 0.3) is 0 Å². The lowest BCUT2D eigenvalue weighted by Crippen LogP contribution is -2.19. The zero-order valence-electron chi connectivity index (χ0n) is 16.7. The second-order valence-corrected chi connectivity index (χ2v) is 7.09. The maximum Gasteiger partial charge on any atom is 0.119 e. The van der Waals surface area contributed by atoms with Crippen molar-refractivity contribution in [2.75, 3.05) is 27.2 Å². The zero-order valence-corrected chi connectivity index (χ0v) is 16.7. The standard InChI is InChI=1S/C25H27NO2/c1-19(20-7-5-4-6-8-20)25(21-9-13-23(27)14-10-21)22-11-15-24(16-12-22)28-18-17-26(2)3/h4-16,27H,17-18H2,1-3H3/b25-19-. The predicted molar refractivity (Wildman–Crippen MR) is 117 cm³/mol. The van der Waals surface area contributed by atoms with Gasteiger partial charge in [0.15, 0.2) is 0 Å². The van der Waals surface area contributed by atoms with Crippen LogP contribution in [0.1, 0.15) is 23.6 Å². The molecule has 0 bridgehead atoms. The molecule has 0 fully saturated rings. The molecule has 0 aliphatic heterocycles. The molecule has 0 radical (unpaired) electrons. The van der Waals surface area contributed by atoms with E-state index in [1.54, 1.807) is 12.1 Å². The van der Waals surface area contributed by atoms with Crippen LogP contribution in [0.3, 0.4) is 0 Å². The topological polar surface area (TPSA) is 32.7 Å². The minimum Gasteiger partial charge on any atom is -0.508 e. The summed E-state index contributed by atoms with van der Waals surface area (Å²) in [5, 5.41) is 9.69. The highest BCUT2D eigenvalue weighted by Crippen LogP contribution is 2.33. The van der Waals surface area contributed by atoms with Gasteiger partial charge in [-0.1, -0.05) is 54.6 Å². The Bertz CT molecular complexity index is 911. The van der Waals surface area contributed by atoms with Crippen molar-refractivity contribution in [1.29, 1.82) is 0 Å². The number of hydrogen-bond acceptors (Lipinski definition) is 3. The van der Waals surface area contributed by atoms with Crippen LogP contribution in [0, 0.1) is 0 Å². The third-order valence-corrected chi connectivity index (χ3v) is 4.69. The first-order valence-corrected chi connectivity index (χ1v) is 9.48. The van der Waals surface area contributed by atoms with E-state index in [-0.39, 0.29) is 5.75 Å². The molecule has 3 aromatic rings. The lowest BCUT2D eigenvalue weighted by atomic mass is 9.90. The smallest absolute Gasteiger partial charge is 0.119 e. The van der Waals surface area contributed by atoms with E-state index in [2.05, 4.69) is 48.2 Å². The summed E-state index contributed by atoms with van der Waals surface area (Å²) >= 11 is 0. The van der Waals surface area contributed by atoms with Crippen molar-refractivity contribution in [3.8, 4) is 11.5 Å². The number of phenols is 1. The van der Waals surface area contributed by atoms with Crippen LogP contribution in [0.5, 0.6) is 11.5 Å². The first-order valence-electron chi connectivity index (χ1n) is 9.48. The summed E-state index contributed by atoms with van der Waals surface area (Å²) in [4.78, 5) is 2.10. The summed E-state index contributed by atoms with van der Waals surface area (Å²) in [6, 6.07) is 26.0. The summed E-state index contributed by atoms with van der Waals surface area (Å²) in [5.74, 6) is 1.14. The SMILES string of the molecule is C/C(=C(\c1ccc(O)cc1)c1ccc(OCCN(C)C)cc1)c1ccccc1. The summed E-state index contributed by atoms with van der Waals surface area (Å²) in [6.07, 6.45) is 0. The molecule has 3 heteroatoms. The van der Waals surface area contributed by atoms with E-state index in [4.69, 9.17) is 4.74 Å². The van der Waals surface area contributed by atoms with E-state index in [1.807, 2.05) is 44.4 Å². The summed E-state index contributed by atoms with van der Waals surface area (Å²) in [7, 11) is 4.07. The fraction of sp³-hybridized carbons (Fsp3) is 0.200. The fourth-order valence-electron chi connectivity index (χ4n) is 3.12. The van der Waals surface area contributed by atoms with Crippen LogP contribution in [0.25, 0.3) is 11.1 Å². The largest absolute Gasteiger partial charge is 0.508 e. The Balaban J connectivity index is 1.97. The summed E-state index contributed by atoms with van der Waals surface area (Å²) in [6.45, 7) is 3.68. The average molecular weight is 373 g/mol. The predicted octanol–water partition coefficient (Wildman–Crippen LogP) is 5.31. The Kier molecular flexibility index (Phi) is 6.51. The van der Waals surface area contributed by atoms with Gasteiger partial charge in [0.1, 0.15) is 18.1 Å². The molecule has 3 nitrogen and oxygen atoms in total. The van der Waals surface area contributed by atoms with Crippen molar-refractivity contribution in [2.45, 2.75) is 6.92 Å². The molecule has 0 heterocycles. The third kappa shape index (κ3) is 5.02. The van der Waals surface area contributed by atoms with Crippen LogP contribution in [-0.2, 0) is 0 Å². The molecular weight excluding hydrogens is 346 g/mol. The Hall–Kier alpha value is -3.04. The van der Waals surface area contributed by atoms with Crippen molar-refractivity contribution in [3.05, 3.63) is 95.6 Å². The number of benzene rings is 3. The summed E-state index contributed by atoms with van der Waals surface area (Å²) in [5.41, 5.74) is 5.70. The number of likely N-dealkylation sites (N-methyl/N-ethyl adjacent to an activating group) is 1. The number of hydrogen-bond donors (Lipinski definition) is 1. The molecule has 0 saturated carbocycles. The molecule has 0 amide bonds. The highest BCUT2D eigenvalue weighted by Gasteiger charge is 2.11. The maximum absolute atomic E-state index is 9.69. The van der Waals surface area contributed by atoms with Crippen molar-refractivity contribution in [3.63, 3.8) is 0 Å². The lowest BCUT2D eigenvalue weighted by Gasteiger charge is -2.15. The van der Waals surface area contributed by atoms with Gasteiger partial charge in [0.05, 0.1) is 0 Å². The Morgan fingerprint density at radius 1 is 0.786 bits per heavy atom. The van der Waals surface area contributed by atoms with Crippen LogP contribution in [0.2, 0.25) is 0 Å². The molecule has 3 rings (SSSR count). The van der Waals surface area contributed by atoms with Crippen molar-refractivity contribution < 1.29 is 9.84 Å². The van der Waals surface area contributed by atoms with Gasteiger partial charge in [-0.25, -0.2) is 0 Å². The zero-order chi connectivity index (χ0) is 19.9. The van der Waals surface area contributed by atoms with E-state index >= 15 is 0 Å². The first kappa shape index (κ1) is 19.7. The molecule has 0 aliphatic carbocycles. The second-order valence-electron chi connectivity index (χ2n) is 7.09. The number of nitrogens with zero attached hydrogens (tertiary/aromatic N) is 1. The highest BCUT2D eigenvalue weighted by atomic mass is 16.5. The van der Waals surface area contributed by atoms with Crippen LogP contribution in [0.4, 0.5) is 0 Å². The second kappa shape index (κ2) is 9.25. The van der Waals surface area contributed by atoms with Gasteiger partial charge in [-0.3, -0.25) is 0 Å². The number of ether oxygens (including phenoxy) is 1. The average Bonchev–Trinajstić information content (AvgIpc) is 2.71. The van der Waals surface area contributed by atoms with Gasteiger partial charge in [-0.05, 0) is 73.1 Å². The molecule has 0 aliphatic rings. The normalized spacial score (nSPS) is 12.0. The highest BCUT2D eigenvalue weighted by molar-refractivity contribution is 5.97. The quantitative estimate of drug-likeness (QED) is 0.570. The van der Waals surface area contributed by atoms with Crippen molar-refractivity contribution >= 4 is 11.1 Å². The summed E-state index contributed by atoms with van der Waals surface area (Å²) < 4.78 is 5.83. The molecule has 0 unspecified atom stereocenters. The van der Waals surface area contributed by atoms with Crippen LogP contribution < -0.4 is 4.74 Å². The third-order valence-electron chi connectivity index (χ3n) is 4.69. The van der Waals surface area contributed by atoms with Gasteiger partial charge >= 0.3 is 0 Å². The monoisotopic (exact) mass is 373 g/mol. The fourth-order valence-corrected chi connectivity index (χ4v) is 3.12. The van der Waals surface area contributed by atoms with Crippen LogP contribution in [-0.4, -0.2) is 37.3 Å². The Labute approximate surface area is 167 Å². The van der Waals surface area contributed by atoms with Gasteiger partial charge in [-0.2, -0.15) is 0 Å². The van der Waals surface area contributed by atoms with Crippen molar-refractivity contribution in [1.82, 2.24) is 4.90 Å². The van der Waals surface area contributed by atoms with Gasteiger partial charge in [0.2, 0.25) is 0 Å². The molecule has 0 saturated heterocycles. The first-order chi connectivity index (χ1) is 13.5. The lowest BCUT2D eigenvalue weighted by molar-refractivity contribution is 0.261.